The summed E-state index contributed by atoms with van der Waals surface area (Å²) in [7, 11) is 1.41. The van der Waals surface area contributed by atoms with Crippen LogP contribution in [0.4, 0.5) is 11.8 Å². The molecule has 1 fully saturated rings. The summed E-state index contributed by atoms with van der Waals surface area (Å²) in [4.78, 5) is 17.0. The van der Waals surface area contributed by atoms with E-state index in [2.05, 4.69) is 20.4 Å². The number of nitrogens with one attached hydrogen (secondary N) is 1. The van der Waals surface area contributed by atoms with Crippen LogP contribution in [0.3, 0.4) is 0 Å². The van der Waals surface area contributed by atoms with E-state index in [1.165, 1.54) is 18.0 Å². The van der Waals surface area contributed by atoms with Crippen molar-refractivity contribution in [2.45, 2.75) is 24.5 Å². The van der Waals surface area contributed by atoms with E-state index in [1.807, 2.05) is 0 Å². The third kappa shape index (κ3) is 2.24. The van der Waals surface area contributed by atoms with Gasteiger partial charge in [-0.2, -0.15) is 9.97 Å². The second-order valence-corrected chi connectivity index (χ2v) is 4.79. The third-order valence-electron chi connectivity index (χ3n) is 3.43. The number of ether oxygens (including phenoxy) is 1. The Morgan fingerprint density at radius 2 is 2.18 bits per heavy atom. The van der Waals surface area contributed by atoms with E-state index in [4.69, 9.17) is 20.4 Å². The molecule has 11 nitrogen and oxygen atoms in total. The van der Waals surface area contributed by atoms with E-state index in [0.29, 0.717) is 11.2 Å². The predicted octanol–water partition coefficient (Wildman–Crippen LogP) is -2.01. The maximum atomic E-state index is 10.1. The number of hydrogen-bond donors (Lipinski definition) is 5. The Morgan fingerprint density at radius 3 is 2.82 bits per heavy atom. The van der Waals surface area contributed by atoms with Crippen molar-refractivity contribution >= 4 is 22.9 Å². The van der Waals surface area contributed by atoms with Crippen LogP contribution in [0.15, 0.2) is 6.33 Å². The molecule has 0 aliphatic carbocycles. The predicted molar refractivity (Wildman–Crippen MR) is 73.4 cm³/mol. The molecule has 1 saturated heterocycles. The van der Waals surface area contributed by atoms with Crippen LogP contribution in [-0.2, 0) is 9.57 Å². The van der Waals surface area contributed by atoms with Crippen LogP contribution in [0.1, 0.15) is 6.23 Å². The minimum atomic E-state index is -1.25. The Hall–Kier alpha value is -2.05. The average Bonchev–Trinajstić information content (AvgIpc) is 3.02. The van der Waals surface area contributed by atoms with E-state index >= 15 is 0 Å². The standard InChI is InChI=1S/C11H16N6O5/c1-21-16-8-5-9(15-11(12)14-8)17(3-13-5)10-7(20)6(19)4(2-18)22-10/h3-4,6-7,10,18-20H,2H2,1H3,(H3,12,14,15,16)/t4-,6-,7-,10-/m1/s1/i3+1,12+1,13+1,14+1. The first-order valence-electron chi connectivity index (χ1n) is 6.48. The zero-order valence-electron chi connectivity index (χ0n) is 11.6. The molecule has 6 N–H and O–H groups in total. The molecule has 0 saturated carbocycles. The van der Waals surface area contributed by atoms with Crippen LogP contribution < -0.4 is 11.2 Å². The molecule has 2 aromatic rings. The highest BCUT2D eigenvalue weighted by Crippen LogP contribution is 2.32. The van der Waals surface area contributed by atoms with Crippen molar-refractivity contribution in [3.8, 4) is 0 Å². The fourth-order valence-electron chi connectivity index (χ4n) is 2.40. The van der Waals surface area contributed by atoms with Crippen molar-refractivity contribution in [1.29, 1.82) is 0 Å². The highest BCUT2D eigenvalue weighted by Gasteiger charge is 2.44. The Labute approximate surface area is 124 Å². The van der Waals surface area contributed by atoms with Crippen molar-refractivity contribution in [1.82, 2.24) is 19.5 Å². The number of nitrogens with zero attached hydrogens (tertiary/aromatic N) is 4. The van der Waals surface area contributed by atoms with Gasteiger partial charge in [-0.05, 0) is 0 Å². The molecule has 11 heteroatoms. The smallest absolute Gasteiger partial charge is 0.224 e. The highest BCUT2D eigenvalue weighted by molar-refractivity contribution is 5.83. The molecule has 3 heterocycles. The van der Waals surface area contributed by atoms with Crippen molar-refractivity contribution in [2.24, 2.45) is 0 Å². The number of fused-ring (bicyclic) bond motifs is 1. The first kappa shape index (κ1) is 14.9. The maximum Gasteiger partial charge on any atom is 0.224 e. The van der Waals surface area contributed by atoms with Gasteiger partial charge < -0.3 is 25.8 Å². The van der Waals surface area contributed by atoms with Gasteiger partial charge >= 0.3 is 0 Å². The molecule has 1 aliphatic heterocycles. The third-order valence-corrected chi connectivity index (χ3v) is 3.43. The normalized spacial score (nSPS) is 28.4. The van der Waals surface area contributed by atoms with Crippen LogP contribution in [0.25, 0.3) is 11.2 Å². The Kier molecular flexibility index (Phi) is 3.80. The largest absolute Gasteiger partial charge is 0.394 e. The number of nitrogen functional groups attached to an aromatic ring is 1. The molecule has 0 unspecified atom stereocenters. The van der Waals surface area contributed by atoms with Gasteiger partial charge in [-0.25, -0.2) is 10.5 Å². The first-order valence-corrected chi connectivity index (χ1v) is 6.48. The van der Waals surface area contributed by atoms with Gasteiger partial charge in [-0.15, -0.1) is 0 Å². The molecule has 0 amide bonds. The van der Waals surface area contributed by atoms with Gasteiger partial charge in [0, 0.05) is 0 Å². The van der Waals surface area contributed by atoms with Gasteiger partial charge in [-0.1, -0.05) is 0 Å². The van der Waals surface area contributed by atoms with Crippen molar-refractivity contribution in [2.75, 3.05) is 24.9 Å². The van der Waals surface area contributed by atoms with Crippen LogP contribution in [0.5, 0.6) is 0 Å². The van der Waals surface area contributed by atoms with E-state index in [1.54, 1.807) is 0 Å². The molecule has 0 aromatic carbocycles. The summed E-state index contributed by atoms with van der Waals surface area (Å²) in [5.41, 5.74) is 8.83. The summed E-state index contributed by atoms with van der Waals surface area (Å²) in [5.74, 6) is 0.232. The fourth-order valence-corrected chi connectivity index (χ4v) is 2.40. The summed E-state index contributed by atoms with van der Waals surface area (Å²) in [6.45, 7) is -0.422. The zero-order chi connectivity index (χ0) is 15.9. The second kappa shape index (κ2) is 5.62. The van der Waals surface area contributed by atoms with E-state index < -0.39 is 31.1 Å². The van der Waals surface area contributed by atoms with Gasteiger partial charge in [0.05, 0.1) is 20.0 Å². The number of aliphatic hydroxyl groups is 3. The van der Waals surface area contributed by atoms with Crippen LogP contribution in [0, 0.1) is 0 Å². The number of aromatic nitrogens is 4. The van der Waals surface area contributed by atoms with E-state index in [-0.39, 0.29) is 11.8 Å². The molecule has 2 aromatic heterocycles. The first-order chi connectivity index (χ1) is 10.6. The summed E-state index contributed by atoms with van der Waals surface area (Å²) in [5, 5.41) is 29.1. The number of nitrogens with two attached hydrogens (primary N) is 1. The summed E-state index contributed by atoms with van der Waals surface area (Å²) < 4.78 is 6.86. The molecule has 1 aliphatic rings. The van der Waals surface area contributed by atoms with Crippen molar-refractivity contribution < 1.29 is 24.9 Å². The molecule has 120 valence electrons. The zero-order valence-corrected chi connectivity index (χ0v) is 11.6. The summed E-state index contributed by atoms with van der Waals surface area (Å²) in [6.07, 6.45) is -2.94. The fraction of sp³-hybridized carbons (Fsp3) is 0.545. The van der Waals surface area contributed by atoms with Crippen LogP contribution >= 0.6 is 0 Å². The molecule has 0 radical (unpaired) electrons. The van der Waals surface area contributed by atoms with Gasteiger partial charge in [0.15, 0.2) is 23.2 Å². The summed E-state index contributed by atoms with van der Waals surface area (Å²) >= 11 is 0. The van der Waals surface area contributed by atoms with Crippen molar-refractivity contribution in [3.63, 3.8) is 0 Å². The second-order valence-electron chi connectivity index (χ2n) is 4.79. The molecule has 3 rings (SSSR count). The Bertz CT molecular complexity index is 678. The van der Waals surface area contributed by atoms with Gasteiger partial charge in [0.1, 0.15) is 18.3 Å². The van der Waals surface area contributed by atoms with Gasteiger partial charge in [0.2, 0.25) is 5.95 Å². The average molecular weight is 316 g/mol. The molecule has 0 bridgehead atoms. The maximum absolute atomic E-state index is 10.1. The summed E-state index contributed by atoms with van der Waals surface area (Å²) in [6, 6.07) is 0. The quantitative estimate of drug-likeness (QED) is 0.315. The van der Waals surface area contributed by atoms with Gasteiger partial charge in [0.25, 0.3) is 0 Å². The van der Waals surface area contributed by atoms with Crippen LogP contribution in [0.2, 0.25) is 0 Å². The lowest BCUT2D eigenvalue weighted by Crippen LogP contribution is -2.33. The molecular formula is C11H16N6O5. The number of aliphatic hydroxyl groups excluding tert-OH is 3. The lowest BCUT2D eigenvalue weighted by Gasteiger charge is -2.16. The highest BCUT2D eigenvalue weighted by atomic mass is 16.6. The lowest BCUT2D eigenvalue weighted by atomic mass is 10.1. The minimum Gasteiger partial charge on any atom is -0.394 e. The molecule has 22 heavy (non-hydrogen) atoms. The Morgan fingerprint density at radius 1 is 1.41 bits per heavy atom. The lowest BCUT2D eigenvalue weighted by molar-refractivity contribution is -0.0511. The molecule has 0 spiro atoms. The number of rotatable bonds is 4. The molecule has 4 atom stereocenters. The monoisotopic (exact) mass is 316 g/mol. The van der Waals surface area contributed by atoms with Gasteiger partial charge in [-0.3, -0.25) is 9.40 Å². The van der Waals surface area contributed by atoms with E-state index in [0.717, 1.165) is 0 Å². The van der Waals surface area contributed by atoms with Crippen molar-refractivity contribution in [3.05, 3.63) is 6.33 Å². The molecular weight excluding hydrogens is 300 g/mol. The van der Waals surface area contributed by atoms with Crippen LogP contribution in [-0.4, -0.2) is 66.9 Å². The number of imidazole rings is 1. The Balaban J connectivity index is 2.05. The number of anilines is 2. The minimum absolute atomic E-state index is 0.0273. The topological polar surface area (TPSA) is 161 Å². The van der Waals surface area contributed by atoms with E-state index in [9.17, 15) is 10.2 Å². The SMILES string of the molecule is CONc1[15n]c([15NH2])nc2c1[15n][13cH]n2[C@@H]1O[C@H](CO)[C@@H](O)[C@H]1O. The number of hydrogen-bond acceptors (Lipinski definition) is 10.